The van der Waals surface area contributed by atoms with E-state index < -0.39 is 0 Å². The first kappa shape index (κ1) is 21.4. The van der Waals surface area contributed by atoms with Gasteiger partial charge in [0, 0.05) is 32.0 Å². The maximum atomic E-state index is 12.5. The van der Waals surface area contributed by atoms with Crippen LogP contribution in [-0.4, -0.2) is 40.1 Å². The first-order valence-electron chi connectivity index (χ1n) is 11.5. The standard InChI is InChI=1S/C26H33N3O2/c1-4-5-14-28-18-21(17-25(28)30)26-27-22-11-6-7-12-23(22)29(26)15-9-16-31-24-13-8-10-19(2)20(24)3/h6-8,10-13,21H,4-5,9,14-18H2,1-3H3/t21-/m0/s1. The van der Waals surface area contributed by atoms with E-state index in [1.165, 1.54) is 11.1 Å². The maximum Gasteiger partial charge on any atom is 0.223 e. The number of carbonyl (C=O) groups excluding carboxylic acids is 1. The molecule has 1 amide bonds. The Bertz CT molecular complexity index is 1060. The van der Waals surface area contributed by atoms with E-state index in [-0.39, 0.29) is 11.8 Å². The fraction of sp³-hybridized carbons (Fsp3) is 0.462. The minimum absolute atomic E-state index is 0.164. The summed E-state index contributed by atoms with van der Waals surface area (Å²) >= 11 is 0. The van der Waals surface area contributed by atoms with Gasteiger partial charge in [0.25, 0.3) is 0 Å². The average Bonchev–Trinajstić information content (AvgIpc) is 3.32. The van der Waals surface area contributed by atoms with Crippen LogP contribution < -0.4 is 4.74 Å². The largest absolute Gasteiger partial charge is 0.493 e. The minimum atomic E-state index is 0.164. The number of likely N-dealkylation sites (tertiary alicyclic amines) is 1. The number of hydrogen-bond acceptors (Lipinski definition) is 3. The number of amides is 1. The van der Waals surface area contributed by atoms with Gasteiger partial charge in [0.05, 0.1) is 17.6 Å². The summed E-state index contributed by atoms with van der Waals surface area (Å²) in [6.45, 7) is 9.50. The third kappa shape index (κ3) is 4.60. The Kier molecular flexibility index (Phi) is 6.59. The zero-order chi connectivity index (χ0) is 21.8. The first-order chi connectivity index (χ1) is 15.1. The lowest BCUT2D eigenvalue weighted by Crippen LogP contribution is -2.26. The zero-order valence-electron chi connectivity index (χ0n) is 18.9. The Morgan fingerprint density at radius 3 is 2.74 bits per heavy atom. The molecular weight excluding hydrogens is 386 g/mol. The van der Waals surface area contributed by atoms with Gasteiger partial charge < -0.3 is 14.2 Å². The molecule has 0 radical (unpaired) electrons. The van der Waals surface area contributed by atoms with Crippen LogP contribution in [0.2, 0.25) is 0 Å². The molecule has 1 aliphatic heterocycles. The Morgan fingerprint density at radius 1 is 1.06 bits per heavy atom. The van der Waals surface area contributed by atoms with E-state index in [0.717, 1.165) is 61.5 Å². The molecule has 0 unspecified atom stereocenters. The van der Waals surface area contributed by atoms with Gasteiger partial charge in [-0.1, -0.05) is 37.6 Å². The van der Waals surface area contributed by atoms with Crippen molar-refractivity contribution < 1.29 is 9.53 Å². The Morgan fingerprint density at radius 2 is 1.90 bits per heavy atom. The van der Waals surface area contributed by atoms with Gasteiger partial charge in [-0.15, -0.1) is 0 Å². The first-order valence-corrected chi connectivity index (χ1v) is 11.5. The van der Waals surface area contributed by atoms with E-state index in [2.05, 4.69) is 49.6 Å². The highest BCUT2D eigenvalue weighted by Crippen LogP contribution is 2.31. The number of unbranched alkanes of at least 4 members (excludes halogenated alkanes) is 1. The molecule has 0 bridgehead atoms. The number of carbonyl (C=O) groups is 1. The van der Waals surface area contributed by atoms with Gasteiger partial charge in [-0.25, -0.2) is 4.98 Å². The van der Waals surface area contributed by atoms with E-state index in [1.807, 2.05) is 23.1 Å². The molecule has 4 rings (SSSR count). The van der Waals surface area contributed by atoms with Crippen LogP contribution in [0.25, 0.3) is 11.0 Å². The summed E-state index contributed by atoms with van der Waals surface area (Å²) in [6.07, 6.45) is 3.62. The van der Waals surface area contributed by atoms with Crippen LogP contribution in [0.15, 0.2) is 42.5 Å². The molecule has 1 saturated heterocycles. The van der Waals surface area contributed by atoms with Crippen molar-refractivity contribution >= 4 is 16.9 Å². The minimum Gasteiger partial charge on any atom is -0.493 e. The molecule has 3 aromatic rings. The highest BCUT2D eigenvalue weighted by molar-refractivity contribution is 5.80. The number of fused-ring (bicyclic) bond motifs is 1. The number of aryl methyl sites for hydroxylation is 2. The molecule has 0 saturated carbocycles. The molecule has 1 aromatic heterocycles. The van der Waals surface area contributed by atoms with Crippen LogP contribution in [0.5, 0.6) is 5.75 Å². The predicted molar refractivity (Wildman–Crippen MR) is 125 cm³/mol. The summed E-state index contributed by atoms with van der Waals surface area (Å²) in [7, 11) is 0. The van der Waals surface area contributed by atoms with Crippen LogP contribution in [0.4, 0.5) is 0 Å². The Labute approximate surface area is 185 Å². The second-order valence-electron chi connectivity index (χ2n) is 8.60. The molecule has 0 aliphatic carbocycles. The molecule has 5 nitrogen and oxygen atoms in total. The van der Waals surface area contributed by atoms with Crippen molar-refractivity contribution in [1.29, 1.82) is 0 Å². The van der Waals surface area contributed by atoms with Gasteiger partial charge in [0.15, 0.2) is 0 Å². The lowest BCUT2D eigenvalue weighted by molar-refractivity contribution is -0.127. The maximum absolute atomic E-state index is 12.5. The van der Waals surface area contributed by atoms with Crippen molar-refractivity contribution in [2.75, 3.05) is 19.7 Å². The molecule has 0 N–H and O–H groups in total. The smallest absolute Gasteiger partial charge is 0.223 e. The molecule has 164 valence electrons. The van der Waals surface area contributed by atoms with Gasteiger partial charge in [-0.2, -0.15) is 0 Å². The van der Waals surface area contributed by atoms with Gasteiger partial charge in [0.1, 0.15) is 11.6 Å². The van der Waals surface area contributed by atoms with Crippen LogP contribution in [0.1, 0.15) is 55.5 Å². The Balaban J connectivity index is 1.48. The fourth-order valence-corrected chi connectivity index (χ4v) is 4.44. The summed E-state index contributed by atoms with van der Waals surface area (Å²) < 4.78 is 8.38. The number of nitrogens with zero attached hydrogens (tertiary/aromatic N) is 3. The highest BCUT2D eigenvalue weighted by Gasteiger charge is 2.33. The topological polar surface area (TPSA) is 47.4 Å². The van der Waals surface area contributed by atoms with E-state index in [1.54, 1.807) is 0 Å². The molecule has 2 aromatic carbocycles. The normalized spacial score (nSPS) is 16.4. The Hall–Kier alpha value is -2.82. The fourth-order valence-electron chi connectivity index (χ4n) is 4.44. The summed E-state index contributed by atoms with van der Waals surface area (Å²) in [4.78, 5) is 19.5. The van der Waals surface area contributed by atoms with Gasteiger partial charge in [-0.3, -0.25) is 4.79 Å². The van der Waals surface area contributed by atoms with E-state index in [9.17, 15) is 4.79 Å². The average molecular weight is 420 g/mol. The second-order valence-corrected chi connectivity index (χ2v) is 8.60. The lowest BCUT2D eigenvalue weighted by Gasteiger charge is -2.17. The van der Waals surface area contributed by atoms with Crippen LogP contribution in [-0.2, 0) is 11.3 Å². The van der Waals surface area contributed by atoms with Crippen molar-refractivity contribution in [3.8, 4) is 5.75 Å². The third-order valence-electron chi connectivity index (χ3n) is 6.38. The van der Waals surface area contributed by atoms with Crippen molar-refractivity contribution in [2.45, 2.75) is 58.9 Å². The summed E-state index contributed by atoms with van der Waals surface area (Å²) in [5, 5.41) is 0. The lowest BCUT2D eigenvalue weighted by atomic mass is 10.1. The molecule has 5 heteroatoms. The monoisotopic (exact) mass is 419 g/mol. The highest BCUT2D eigenvalue weighted by atomic mass is 16.5. The number of para-hydroxylation sites is 2. The van der Waals surface area contributed by atoms with Crippen molar-refractivity contribution in [1.82, 2.24) is 14.5 Å². The van der Waals surface area contributed by atoms with Crippen LogP contribution in [0.3, 0.4) is 0 Å². The van der Waals surface area contributed by atoms with Gasteiger partial charge in [-0.05, 0) is 56.0 Å². The quantitative estimate of drug-likeness (QED) is 0.446. The molecular formula is C26H33N3O2. The predicted octanol–water partition coefficient (Wildman–Crippen LogP) is 5.24. The molecule has 0 spiro atoms. The molecule has 1 aliphatic rings. The van der Waals surface area contributed by atoms with Crippen molar-refractivity contribution in [3.05, 3.63) is 59.4 Å². The van der Waals surface area contributed by atoms with E-state index in [4.69, 9.17) is 9.72 Å². The number of benzene rings is 2. The summed E-state index contributed by atoms with van der Waals surface area (Å²) in [6, 6.07) is 14.5. The zero-order valence-corrected chi connectivity index (χ0v) is 18.9. The van der Waals surface area contributed by atoms with Crippen molar-refractivity contribution in [3.63, 3.8) is 0 Å². The number of imidazole rings is 1. The van der Waals surface area contributed by atoms with Gasteiger partial charge in [0.2, 0.25) is 5.91 Å². The summed E-state index contributed by atoms with van der Waals surface area (Å²) in [5.41, 5.74) is 4.60. The SMILES string of the molecule is CCCCN1C[C@@H](c2nc3ccccc3n2CCCOc2cccc(C)c2C)CC1=O. The third-order valence-corrected chi connectivity index (χ3v) is 6.38. The van der Waals surface area contributed by atoms with E-state index in [0.29, 0.717) is 13.0 Å². The van der Waals surface area contributed by atoms with Crippen molar-refractivity contribution in [2.24, 2.45) is 0 Å². The number of rotatable bonds is 9. The number of hydrogen-bond donors (Lipinski definition) is 0. The number of ether oxygens (including phenoxy) is 1. The van der Waals surface area contributed by atoms with Gasteiger partial charge >= 0.3 is 0 Å². The van der Waals surface area contributed by atoms with Crippen LogP contribution in [0, 0.1) is 13.8 Å². The summed E-state index contributed by atoms with van der Waals surface area (Å²) in [5.74, 6) is 2.43. The van der Waals surface area contributed by atoms with Crippen LogP contribution >= 0.6 is 0 Å². The number of aromatic nitrogens is 2. The van der Waals surface area contributed by atoms with E-state index >= 15 is 0 Å². The molecule has 1 atom stereocenters. The molecule has 1 fully saturated rings. The second kappa shape index (κ2) is 9.54. The molecule has 2 heterocycles. The molecule has 31 heavy (non-hydrogen) atoms.